The second-order valence-corrected chi connectivity index (χ2v) is 8.96. The Morgan fingerprint density at radius 1 is 1.14 bits per heavy atom. The first-order chi connectivity index (χ1) is 17.0. The second-order valence-electron chi connectivity index (χ2n) is 8.96. The highest BCUT2D eigenvalue weighted by Gasteiger charge is 2.28. The van der Waals surface area contributed by atoms with Crippen molar-refractivity contribution >= 4 is 28.5 Å². The molecule has 35 heavy (non-hydrogen) atoms. The van der Waals surface area contributed by atoms with Gasteiger partial charge in [0.15, 0.2) is 0 Å². The number of aromatic nitrogens is 3. The third kappa shape index (κ3) is 4.80. The van der Waals surface area contributed by atoms with Gasteiger partial charge in [-0.3, -0.25) is 4.79 Å². The standard InChI is InChI=1S/C26H27FN6O2/c1-32(2)21-8-6-17(7-9-21)15-28-25(34)18-10-12-33(13-11-18)24-22-23(19-4-3-5-20(27)14-19)31-35-26(22)30-16-29-24/h3-9,14,16,18H,10-13,15H2,1-2H3,(H,28,34). The van der Waals surface area contributed by atoms with Crippen LogP contribution in [0.2, 0.25) is 0 Å². The van der Waals surface area contributed by atoms with Gasteiger partial charge in [-0.1, -0.05) is 29.4 Å². The van der Waals surface area contributed by atoms with Gasteiger partial charge in [0.25, 0.3) is 5.71 Å². The van der Waals surface area contributed by atoms with Crippen LogP contribution in [0.5, 0.6) is 0 Å². The van der Waals surface area contributed by atoms with Crippen LogP contribution < -0.4 is 15.1 Å². The summed E-state index contributed by atoms with van der Waals surface area (Å²) >= 11 is 0. The zero-order chi connectivity index (χ0) is 24.4. The van der Waals surface area contributed by atoms with Crippen LogP contribution in [0.25, 0.3) is 22.4 Å². The third-order valence-corrected chi connectivity index (χ3v) is 6.44. The first-order valence-electron chi connectivity index (χ1n) is 11.6. The smallest absolute Gasteiger partial charge is 0.263 e. The molecular weight excluding hydrogens is 447 g/mol. The fraction of sp³-hybridized carbons (Fsp3) is 0.308. The first kappa shape index (κ1) is 22.8. The number of rotatable bonds is 6. The molecule has 1 amide bonds. The molecule has 2 aromatic carbocycles. The Morgan fingerprint density at radius 3 is 2.63 bits per heavy atom. The maximum absolute atomic E-state index is 13.8. The highest BCUT2D eigenvalue weighted by atomic mass is 19.1. The molecule has 3 heterocycles. The number of nitrogens with one attached hydrogen (secondary N) is 1. The summed E-state index contributed by atoms with van der Waals surface area (Å²) in [5.74, 6) is 0.349. The van der Waals surface area contributed by atoms with Crippen LogP contribution in [0.15, 0.2) is 59.4 Å². The molecule has 9 heteroatoms. The van der Waals surface area contributed by atoms with E-state index in [1.54, 1.807) is 12.1 Å². The maximum Gasteiger partial charge on any atom is 0.263 e. The highest BCUT2D eigenvalue weighted by Crippen LogP contribution is 2.34. The SMILES string of the molecule is CN(C)c1ccc(CNC(=O)C2CCN(c3ncnc4onc(-c5cccc(F)c5)c34)CC2)cc1. The summed E-state index contributed by atoms with van der Waals surface area (Å²) in [6, 6.07) is 14.4. The number of hydrogen-bond acceptors (Lipinski definition) is 7. The lowest BCUT2D eigenvalue weighted by atomic mass is 9.95. The summed E-state index contributed by atoms with van der Waals surface area (Å²) in [7, 11) is 4.00. The van der Waals surface area contributed by atoms with Gasteiger partial charge in [0.05, 0.1) is 0 Å². The molecular formula is C26H27FN6O2. The summed E-state index contributed by atoms with van der Waals surface area (Å²) in [4.78, 5) is 25.7. The predicted molar refractivity (Wildman–Crippen MR) is 133 cm³/mol. The van der Waals surface area contributed by atoms with E-state index in [1.807, 2.05) is 43.3 Å². The van der Waals surface area contributed by atoms with Gasteiger partial charge in [-0.2, -0.15) is 4.98 Å². The van der Waals surface area contributed by atoms with Crippen LogP contribution in [0.1, 0.15) is 18.4 Å². The molecule has 4 aromatic rings. The normalized spacial score (nSPS) is 14.3. The average Bonchev–Trinajstić information content (AvgIpc) is 3.32. The molecule has 0 aliphatic carbocycles. The van der Waals surface area contributed by atoms with E-state index in [9.17, 15) is 9.18 Å². The zero-order valence-electron chi connectivity index (χ0n) is 19.7. The molecule has 5 rings (SSSR count). The van der Waals surface area contributed by atoms with Crippen molar-refractivity contribution in [3.8, 4) is 11.3 Å². The van der Waals surface area contributed by atoms with Crippen molar-refractivity contribution in [2.45, 2.75) is 19.4 Å². The largest absolute Gasteiger partial charge is 0.378 e. The summed E-state index contributed by atoms with van der Waals surface area (Å²) in [6.45, 7) is 1.84. The van der Waals surface area contributed by atoms with Crippen LogP contribution in [0.3, 0.4) is 0 Å². The van der Waals surface area contributed by atoms with Crippen LogP contribution in [-0.2, 0) is 11.3 Å². The summed E-state index contributed by atoms with van der Waals surface area (Å²) in [6.07, 6.45) is 2.85. The molecule has 1 N–H and O–H groups in total. The number of nitrogens with zero attached hydrogens (tertiary/aromatic N) is 5. The minimum atomic E-state index is -0.350. The first-order valence-corrected chi connectivity index (χ1v) is 11.6. The number of benzene rings is 2. The van der Waals surface area contributed by atoms with E-state index in [1.165, 1.54) is 18.5 Å². The van der Waals surface area contributed by atoms with Gasteiger partial charge in [-0.25, -0.2) is 9.37 Å². The quantitative estimate of drug-likeness (QED) is 0.452. The van der Waals surface area contributed by atoms with Crippen LogP contribution in [-0.4, -0.2) is 48.2 Å². The summed E-state index contributed by atoms with van der Waals surface area (Å²) < 4.78 is 19.2. The summed E-state index contributed by atoms with van der Waals surface area (Å²) in [5, 5.41) is 7.87. The Hall–Kier alpha value is -4.01. The molecule has 2 aromatic heterocycles. The molecule has 0 spiro atoms. The molecule has 0 unspecified atom stereocenters. The Bertz CT molecular complexity index is 1330. The lowest BCUT2D eigenvalue weighted by Crippen LogP contribution is -2.40. The number of fused-ring (bicyclic) bond motifs is 1. The number of piperidine rings is 1. The summed E-state index contributed by atoms with van der Waals surface area (Å²) in [5.41, 5.74) is 3.67. The molecule has 8 nitrogen and oxygen atoms in total. The van der Waals surface area contributed by atoms with Gasteiger partial charge in [0, 0.05) is 50.9 Å². The van der Waals surface area contributed by atoms with Crippen molar-refractivity contribution in [3.05, 3.63) is 66.2 Å². The Balaban J connectivity index is 1.25. The number of carbonyl (C=O) groups is 1. The lowest BCUT2D eigenvalue weighted by molar-refractivity contribution is -0.125. The third-order valence-electron chi connectivity index (χ3n) is 6.44. The number of hydrogen-bond donors (Lipinski definition) is 1. The van der Waals surface area contributed by atoms with Crippen molar-refractivity contribution in [2.75, 3.05) is 37.0 Å². The van der Waals surface area contributed by atoms with Crippen LogP contribution >= 0.6 is 0 Å². The van der Waals surface area contributed by atoms with Crippen LogP contribution in [0.4, 0.5) is 15.9 Å². The number of carbonyl (C=O) groups excluding carboxylic acids is 1. The lowest BCUT2D eigenvalue weighted by Gasteiger charge is -2.32. The number of amides is 1. The van der Waals surface area contributed by atoms with Crippen molar-refractivity contribution < 1.29 is 13.7 Å². The van der Waals surface area contributed by atoms with E-state index < -0.39 is 0 Å². The van der Waals surface area contributed by atoms with Crippen LogP contribution in [0, 0.1) is 11.7 Å². The second kappa shape index (κ2) is 9.69. The van der Waals surface area contributed by atoms with Gasteiger partial charge < -0.3 is 19.6 Å². The topological polar surface area (TPSA) is 87.4 Å². The fourth-order valence-electron chi connectivity index (χ4n) is 4.44. The number of halogens is 1. The van der Waals surface area contributed by atoms with E-state index in [-0.39, 0.29) is 17.6 Å². The maximum atomic E-state index is 13.8. The minimum absolute atomic E-state index is 0.0604. The van der Waals surface area contributed by atoms with Crippen molar-refractivity contribution in [1.29, 1.82) is 0 Å². The van der Waals surface area contributed by atoms with E-state index in [2.05, 4.69) is 25.3 Å². The zero-order valence-corrected chi connectivity index (χ0v) is 19.7. The molecule has 1 saturated heterocycles. The number of anilines is 2. The molecule has 1 aliphatic heterocycles. The van der Waals surface area contributed by atoms with Gasteiger partial charge in [0.1, 0.15) is 29.0 Å². The van der Waals surface area contributed by atoms with Crippen molar-refractivity contribution in [3.63, 3.8) is 0 Å². The minimum Gasteiger partial charge on any atom is -0.378 e. The Morgan fingerprint density at radius 2 is 1.91 bits per heavy atom. The molecule has 180 valence electrons. The highest BCUT2D eigenvalue weighted by molar-refractivity contribution is 5.98. The molecule has 0 saturated carbocycles. The monoisotopic (exact) mass is 474 g/mol. The average molecular weight is 475 g/mol. The van der Waals surface area contributed by atoms with E-state index in [0.29, 0.717) is 60.7 Å². The predicted octanol–water partition coefficient (Wildman–Crippen LogP) is 4.02. The van der Waals surface area contributed by atoms with E-state index in [4.69, 9.17) is 4.52 Å². The van der Waals surface area contributed by atoms with E-state index >= 15 is 0 Å². The van der Waals surface area contributed by atoms with Crippen molar-refractivity contribution in [2.24, 2.45) is 5.92 Å². The molecule has 1 aliphatic rings. The molecule has 0 atom stereocenters. The van der Waals surface area contributed by atoms with Gasteiger partial charge in [-0.15, -0.1) is 0 Å². The Kier molecular flexibility index (Phi) is 6.31. The fourth-order valence-corrected chi connectivity index (χ4v) is 4.44. The van der Waals surface area contributed by atoms with Gasteiger partial charge in [0.2, 0.25) is 5.91 Å². The van der Waals surface area contributed by atoms with E-state index in [0.717, 1.165) is 11.3 Å². The van der Waals surface area contributed by atoms with Gasteiger partial charge in [-0.05, 0) is 42.7 Å². The molecule has 0 radical (unpaired) electrons. The molecule has 1 fully saturated rings. The van der Waals surface area contributed by atoms with Gasteiger partial charge >= 0.3 is 0 Å². The molecule has 0 bridgehead atoms. The van der Waals surface area contributed by atoms with Crippen molar-refractivity contribution in [1.82, 2.24) is 20.4 Å². The Labute approximate surface area is 202 Å².